The first-order valence-corrected chi connectivity index (χ1v) is 6.77. The Morgan fingerprint density at radius 3 is 2.64 bits per heavy atom. The highest BCUT2D eigenvalue weighted by Crippen LogP contribution is 2.29. The van der Waals surface area contributed by atoms with E-state index in [0.717, 1.165) is 16.7 Å². The number of halogens is 4. The van der Waals surface area contributed by atoms with Crippen molar-refractivity contribution in [2.75, 3.05) is 20.7 Å². The Morgan fingerprint density at radius 1 is 1.45 bits per heavy atom. The van der Waals surface area contributed by atoms with Gasteiger partial charge in [0, 0.05) is 19.0 Å². The third-order valence-electron chi connectivity index (χ3n) is 2.32. The summed E-state index contributed by atoms with van der Waals surface area (Å²) in [6.45, 7) is 0.413. The Hall–Kier alpha value is -1.11. The molecule has 1 aromatic rings. The third-order valence-corrected chi connectivity index (χ3v) is 3.17. The first-order chi connectivity index (χ1) is 9.86. The van der Waals surface area contributed by atoms with Crippen LogP contribution in [-0.4, -0.2) is 37.6 Å². The van der Waals surface area contributed by atoms with Gasteiger partial charge in [0.2, 0.25) is 0 Å². The molecular weight excluding hydrogens is 436 g/mol. The molecule has 0 aromatic carbocycles. The van der Waals surface area contributed by atoms with Crippen molar-refractivity contribution >= 4 is 47.2 Å². The maximum atomic E-state index is 12.4. The van der Waals surface area contributed by atoms with E-state index >= 15 is 0 Å². The number of guanidine groups is 1. The largest absolute Gasteiger partial charge is 0.469 e. The molecule has 1 rings (SSSR count). The van der Waals surface area contributed by atoms with Gasteiger partial charge in [-0.1, -0.05) is 0 Å². The second-order valence-corrected chi connectivity index (χ2v) is 4.75. The SMILES string of the molecule is CN=C(NCCC(=O)OC)NCc1nc(C(F)(F)F)cs1.I. The van der Waals surface area contributed by atoms with Crippen LogP contribution in [0.3, 0.4) is 0 Å². The van der Waals surface area contributed by atoms with Crippen LogP contribution >= 0.6 is 35.3 Å². The number of carbonyl (C=O) groups is 1. The predicted molar refractivity (Wildman–Crippen MR) is 87.4 cm³/mol. The monoisotopic (exact) mass is 452 g/mol. The van der Waals surface area contributed by atoms with Crippen LogP contribution in [0.25, 0.3) is 0 Å². The molecule has 0 atom stereocenters. The lowest BCUT2D eigenvalue weighted by Crippen LogP contribution is -2.37. The molecule has 6 nitrogen and oxygen atoms in total. The zero-order valence-corrected chi connectivity index (χ0v) is 15.0. The van der Waals surface area contributed by atoms with E-state index in [0.29, 0.717) is 17.5 Å². The highest BCUT2D eigenvalue weighted by atomic mass is 127. The Bertz CT molecular complexity index is 508. The molecule has 0 saturated heterocycles. The molecule has 0 spiro atoms. The molecule has 0 aliphatic carbocycles. The van der Waals surface area contributed by atoms with E-state index < -0.39 is 11.9 Å². The second-order valence-electron chi connectivity index (χ2n) is 3.80. The summed E-state index contributed by atoms with van der Waals surface area (Å²) in [6, 6.07) is 0. The number of carbonyl (C=O) groups excluding carboxylic acids is 1. The molecule has 0 radical (unpaired) electrons. The standard InChI is InChI=1S/C11H15F3N4O2S.HI/c1-15-10(16-4-3-9(19)20-2)17-5-8-18-7(6-21-8)11(12,13)14;/h6H,3-5H2,1-2H3,(H2,15,16,17);1H. The zero-order chi connectivity index (χ0) is 15.9. The first-order valence-electron chi connectivity index (χ1n) is 5.89. The molecule has 126 valence electrons. The van der Waals surface area contributed by atoms with E-state index in [1.54, 1.807) is 0 Å². The lowest BCUT2D eigenvalue weighted by atomic mass is 10.4. The van der Waals surface area contributed by atoms with Crippen LogP contribution in [-0.2, 0) is 22.3 Å². The summed E-state index contributed by atoms with van der Waals surface area (Å²) in [5, 5.41) is 6.90. The van der Waals surface area contributed by atoms with E-state index in [2.05, 4.69) is 25.3 Å². The summed E-state index contributed by atoms with van der Waals surface area (Å²) in [4.78, 5) is 18.3. The van der Waals surface area contributed by atoms with Crippen LogP contribution in [0.2, 0.25) is 0 Å². The molecule has 0 unspecified atom stereocenters. The summed E-state index contributed by atoms with van der Waals surface area (Å²) in [5.41, 5.74) is -0.905. The summed E-state index contributed by atoms with van der Waals surface area (Å²) < 4.78 is 41.6. The van der Waals surface area contributed by atoms with Gasteiger partial charge in [-0.3, -0.25) is 9.79 Å². The van der Waals surface area contributed by atoms with Crippen molar-refractivity contribution in [2.45, 2.75) is 19.1 Å². The average Bonchev–Trinajstić information content (AvgIpc) is 2.91. The number of hydrogen-bond donors (Lipinski definition) is 2. The Labute approximate surface area is 146 Å². The molecule has 0 bridgehead atoms. The zero-order valence-electron chi connectivity index (χ0n) is 11.9. The van der Waals surface area contributed by atoms with Gasteiger partial charge in [0.25, 0.3) is 0 Å². The van der Waals surface area contributed by atoms with Crippen molar-refractivity contribution in [1.29, 1.82) is 0 Å². The van der Waals surface area contributed by atoms with Gasteiger partial charge in [-0.15, -0.1) is 35.3 Å². The van der Waals surface area contributed by atoms with Crippen LogP contribution in [0.4, 0.5) is 13.2 Å². The van der Waals surface area contributed by atoms with Gasteiger partial charge in [0.1, 0.15) is 5.01 Å². The van der Waals surface area contributed by atoms with E-state index in [1.165, 1.54) is 14.2 Å². The van der Waals surface area contributed by atoms with Crippen LogP contribution in [0.1, 0.15) is 17.1 Å². The number of esters is 1. The topological polar surface area (TPSA) is 75.6 Å². The van der Waals surface area contributed by atoms with Gasteiger partial charge in [-0.05, 0) is 0 Å². The second kappa shape index (κ2) is 9.82. The van der Waals surface area contributed by atoms with Crippen molar-refractivity contribution in [3.8, 4) is 0 Å². The summed E-state index contributed by atoms with van der Waals surface area (Å²) >= 11 is 0.911. The minimum Gasteiger partial charge on any atom is -0.469 e. The number of methoxy groups -OCH3 is 1. The lowest BCUT2D eigenvalue weighted by molar-refractivity contribution is -0.141. The Morgan fingerprint density at radius 2 is 2.14 bits per heavy atom. The summed E-state index contributed by atoms with van der Waals surface area (Å²) in [5.74, 6) is -0.00430. The summed E-state index contributed by atoms with van der Waals surface area (Å²) in [6.07, 6.45) is -4.28. The number of ether oxygens (including phenoxy) is 1. The van der Waals surface area contributed by atoms with Crippen molar-refractivity contribution in [3.63, 3.8) is 0 Å². The van der Waals surface area contributed by atoms with Crippen LogP contribution < -0.4 is 10.6 Å². The average molecular weight is 452 g/mol. The molecule has 0 aliphatic rings. The fourth-order valence-corrected chi connectivity index (χ4v) is 2.03. The Balaban J connectivity index is 0.00000441. The van der Waals surface area contributed by atoms with Gasteiger partial charge in [0.05, 0.1) is 20.1 Å². The molecular formula is C11H16F3IN4O2S. The fraction of sp³-hybridized carbons (Fsp3) is 0.545. The van der Waals surface area contributed by atoms with Crippen LogP contribution in [0.5, 0.6) is 0 Å². The molecule has 22 heavy (non-hydrogen) atoms. The van der Waals surface area contributed by atoms with Gasteiger partial charge in [-0.2, -0.15) is 13.2 Å². The van der Waals surface area contributed by atoms with Crippen molar-refractivity contribution < 1.29 is 22.7 Å². The lowest BCUT2D eigenvalue weighted by Gasteiger charge is -2.10. The van der Waals surface area contributed by atoms with Crippen LogP contribution in [0.15, 0.2) is 10.4 Å². The predicted octanol–water partition coefficient (Wildman–Crippen LogP) is 2.01. The maximum absolute atomic E-state index is 12.4. The summed E-state index contributed by atoms with van der Waals surface area (Å²) in [7, 11) is 2.80. The number of nitrogens with zero attached hydrogens (tertiary/aromatic N) is 2. The molecule has 1 aromatic heterocycles. The van der Waals surface area contributed by atoms with E-state index in [1.807, 2.05) is 0 Å². The maximum Gasteiger partial charge on any atom is 0.434 e. The van der Waals surface area contributed by atoms with Gasteiger partial charge in [-0.25, -0.2) is 4.98 Å². The number of aliphatic imine (C=N–C) groups is 1. The van der Waals surface area contributed by atoms with Gasteiger partial charge in [0.15, 0.2) is 11.7 Å². The highest BCUT2D eigenvalue weighted by Gasteiger charge is 2.33. The van der Waals surface area contributed by atoms with Gasteiger partial charge >= 0.3 is 12.1 Å². The van der Waals surface area contributed by atoms with Crippen molar-refractivity contribution in [2.24, 2.45) is 4.99 Å². The number of thiazole rings is 1. The molecule has 0 amide bonds. The van der Waals surface area contributed by atoms with E-state index in [4.69, 9.17) is 0 Å². The third kappa shape index (κ3) is 7.24. The fourth-order valence-electron chi connectivity index (χ4n) is 1.29. The highest BCUT2D eigenvalue weighted by molar-refractivity contribution is 14.0. The molecule has 2 N–H and O–H groups in total. The Kier molecular flexibility index (Phi) is 9.32. The number of alkyl halides is 3. The van der Waals surface area contributed by atoms with Crippen molar-refractivity contribution in [3.05, 3.63) is 16.1 Å². The minimum atomic E-state index is -4.44. The quantitative estimate of drug-likeness (QED) is 0.310. The molecule has 1 heterocycles. The molecule has 0 fully saturated rings. The van der Waals surface area contributed by atoms with E-state index in [9.17, 15) is 18.0 Å². The molecule has 11 heteroatoms. The smallest absolute Gasteiger partial charge is 0.434 e. The normalized spacial score (nSPS) is 11.6. The molecule has 0 aliphatic heterocycles. The minimum absolute atomic E-state index is 0. The van der Waals surface area contributed by atoms with Crippen molar-refractivity contribution in [1.82, 2.24) is 15.6 Å². The first kappa shape index (κ1) is 20.9. The number of hydrogen-bond acceptors (Lipinski definition) is 5. The number of aromatic nitrogens is 1. The number of nitrogens with one attached hydrogen (secondary N) is 2. The van der Waals surface area contributed by atoms with Crippen LogP contribution in [0, 0.1) is 0 Å². The number of rotatable bonds is 5. The van der Waals surface area contributed by atoms with E-state index in [-0.39, 0.29) is 42.9 Å². The molecule has 0 saturated carbocycles. The van der Waals surface area contributed by atoms with Gasteiger partial charge < -0.3 is 15.4 Å².